The Morgan fingerprint density at radius 1 is 1.19 bits per heavy atom. The number of aromatic nitrogens is 2. The van der Waals surface area contributed by atoms with Gasteiger partial charge in [0.25, 0.3) is 11.1 Å². The maximum absolute atomic E-state index is 13.5. The van der Waals surface area contributed by atoms with Crippen molar-refractivity contribution in [2.45, 2.75) is 25.7 Å². The van der Waals surface area contributed by atoms with Crippen LogP contribution in [0.2, 0.25) is 0 Å². The van der Waals surface area contributed by atoms with E-state index in [1.807, 2.05) is 32.0 Å². The smallest absolute Gasteiger partial charge is 0.277 e. The third-order valence-electron chi connectivity index (χ3n) is 3.75. The second-order valence-electron chi connectivity index (χ2n) is 5.82. The summed E-state index contributed by atoms with van der Waals surface area (Å²) in [7, 11) is 0. The van der Waals surface area contributed by atoms with E-state index in [9.17, 15) is 9.18 Å². The van der Waals surface area contributed by atoms with Gasteiger partial charge in [-0.2, -0.15) is 0 Å². The van der Waals surface area contributed by atoms with Crippen LogP contribution in [0.3, 0.4) is 0 Å². The van der Waals surface area contributed by atoms with Gasteiger partial charge in [-0.15, -0.1) is 10.2 Å². The lowest BCUT2D eigenvalue weighted by atomic mass is 10.1. The van der Waals surface area contributed by atoms with Crippen LogP contribution < -0.4 is 10.1 Å². The van der Waals surface area contributed by atoms with Gasteiger partial charge in [0, 0.05) is 5.69 Å². The van der Waals surface area contributed by atoms with Crippen molar-refractivity contribution in [3.05, 3.63) is 65.3 Å². The monoisotopic (exact) mass is 387 g/mol. The number of aryl methyl sites for hydroxylation is 2. The van der Waals surface area contributed by atoms with Crippen LogP contribution in [-0.4, -0.2) is 21.9 Å². The minimum atomic E-state index is -0.463. The van der Waals surface area contributed by atoms with Crippen LogP contribution >= 0.6 is 11.8 Å². The number of nitrogens with one attached hydrogen (secondary N) is 1. The third kappa shape index (κ3) is 5.30. The first-order valence-electron chi connectivity index (χ1n) is 8.21. The molecule has 0 spiro atoms. The number of para-hydroxylation sites is 1. The van der Waals surface area contributed by atoms with E-state index < -0.39 is 5.82 Å². The molecule has 140 valence electrons. The molecule has 6 nitrogen and oxygen atoms in total. The second kappa shape index (κ2) is 8.68. The number of amides is 1. The van der Waals surface area contributed by atoms with E-state index in [1.165, 1.54) is 17.7 Å². The summed E-state index contributed by atoms with van der Waals surface area (Å²) in [5.41, 5.74) is 3.02. The standard InChI is InChI=1S/C19H18FN3O3S/c1-12-7-8-14(9-13(12)2)21-17(24)11-27-19-23-22-18(26-19)10-25-16-6-4-3-5-15(16)20/h3-9H,10-11H2,1-2H3,(H,21,24). The molecule has 1 amide bonds. The molecule has 8 heteroatoms. The predicted molar refractivity (Wildman–Crippen MR) is 100 cm³/mol. The summed E-state index contributed by atoms with van der Waals surface area (Å²) in [6, 6.07) is 11.8. The molecule has 0 aliphatic rings. The number of benzene rings is 2. The molecule has 2 aromatic carbocycles. The topological polar surface area (TPSA) is 77.2 Å². The Morgan fingerprint density at radius 2 is 2.00 bits per heavy atom. The maximum Gasteiger partial charge on any atom is 0.277 e. The molecule has 27 heavy (non-hydrogen) atoms. The average molecular weight is 387 g/mol. The highest BCUT2D eigenvalue weighted by atomic mass is 32.2. The summed E-state index contributed by atoms with van der Waals surface area (Å²) < 4.78 is 24.2. The van der Waals surface area contributed by atoms with Crippen molar-refractivity contribution in [2.24, 2.45) is 0 Å². The lowest BCUT2D eigenvalue weighted by molar-refractivity contribution is -0.113. The summed E-state index contributed by atoms with van der Waals surface area (Å²) in [4.78, 5) is 12.0. The molecule has 0 saturated carbocycles. The minimum Gasteiger partial charge on any atom is -0.481 e. The summed E-state index contributed by atoms with van der Waals surface area (Å²) >= 11 is 1.12. The van der Waals surface area contributed by atoms with Crippen molar-refractivity contribution >= 4 is 23.4 Å². The molecule has 0 atom stereocenters. The SMILES string of the molecule is Cc1ccc(NC(=O)CSc2nnc(COc3ccccc3F)o2)cc1C. The molecule has 0 radical (unpaired) electrons. The highest BCUT2D eigenvalue weighted by Gasteiger charge is 2.11. The van der Waals surface area contributed by atoms with Gasteiger partial charge >= 0.3 is 0 Å². The summed E-state index contributed by atoms with van der Waals surface area (Å²) in [5, 5.41) is 10.7. The van der Waals surface area contributed by atoms with Crippen molar-refractivity contribution < 1.29 is 18.3 Å². The predicted octanol–water partition coefficient (Wildman–Crippen LogP) is 4.14. The molecule has 0 unspecified atom stereocenters. The zero-order chi connectivity index (χ0) is 19.2. The van der Waals surface area contributed by atoms with Crippen molar-refractivity contribution in [3.8, 4) is 5.75 Å². The Kier molecular flexibility index (Phi) is 6.08. The molecular formula is C19H18FN3O3S. The van der Waals surface area contributed by atoms with Crippen molar-refractivity contribution in [2.75, 3.05) is 11.1 Å². The van der Waals surface area contributed by atoms with Gasteiger partial charge in [-0.1, -0.05) is 30.0 Å². The van der Waals surface area contributed by atoms with Crippen LogP contribution in [-0.2, 0) is 11.4 Å². The van der Waals surface area contributed by atoms with Crippen molar-refractivity contribution in [3.63, 3.8) is 0 Å². The van der Waals surface area contributed by atoms with Gasteiger partial charge in [0.05, 0.1) is 5.75 Å². The van der Waals surface area contributed by atoms with Gasteiger partial charge < -0.3 is 14.5 Å². The zero-order valence-corrected chi connectivity index (χ0v) is 15.7. The Labute approximate surface area is 160 Å². The molecule has 3 rings (SSSR count). The van der Waals surface area contributed by atoms with Gasteiger partial charge in [0.2, 0.25) is 5.91 Å². The van der Waals surface area contributed by atoms with E-state index in [1.54, 1.807) is 12.1 Å². The highest BCUT2D eigenvalue weighted by molar-refractivity contribution is 7.99. The van der Waals surface area contributed by atoms with Crippen molar-refractivity contribution in [1.29, 1.82) is 0 Å². The van der Waals surface area contributed by atoms with E-state index in [2.05, 4.69) is 15.5 Å². The Hall–Kier alpha value is -2.87. The van der Waals surface area contributed by atoms with E-state index in [0.29, 0.717) is 0 Å². The van der Waals surface area contributed by atoms with Crippen LogP contribution in [0.15, 0.2) is 52.1 Å². The fourth-order valence-electron chi connectivity index (χ4n) is 2.20. The molecule has 0 saturated heterocycles. The Bertz CT molecular complexity index is 945. The number of thioether (sulfide) groups is 1. The quantitative estimate of drug-likeness (QED) is 0.614. The maximum atomic E-state index is 13.5. The summed E-state index contributed by atoms with van der Waals surface area (Å²) in [6.45, 7) is 3.95. The van der Waals surface area contributed by atoms with E-state index >= 15 is 0 Å². The number of anilines is 1. The fraction of sp³-hybridized carbons (Fsp3) is 0.211. The molecule has 0 aliphatic heterocycles. The number of rotatable bonds is 7. The van der Waals surface area contributed by atoms with Crippen LogP contribution in [0.1, 0.15) is 17.0 Å². The van der Waals surface area contributed by atoms with Crippen LogP contribution in [0, 0.1) is 19.7 Å². The van der Waals surface area contributed by atoms with Crippen LogP contribution in [0.4, 0.5) is 10.1 Å². The Balaban J connectivity index is 1.48. The largest absolute Gasteiger partial charge is 0.481 e. The van der Waals surface area contributed by atoms with Crippen LogP contribution in [0.5, 0.6) is 5.75 Å². The molecule has 3 aromatic rings. The Morgan fingerprint density at radius 3 is 2.78 bits per heavy atom. The number of hydrogen-bond donors (Lipinski definition) is 1. The highest BCUT2D eigenvalue weighted by Crippen LogP contribution is 2.20. The number of nitrogens with zero attached hydrogens (tertiary/aromatic N) is 2. The lowest BCUT2D eigenvalue weighted by Crippen LogP contribution is -2.14. The van der Waals surface area contributed by atoms with Crippen molar-refractivity contribution in [1.82, 2.24) is 10.2 Å². The van der Waals surface area contributed by atoms with Gasteiger partial charge in [0.1, 0.15) is 0 Å². The van der Waals surface area contributed by atoms with E-state index in [4.69, 9.17) is 9.15 Å². The first kappa shape index (κ1) is 18.9. The molecule has 0 bridgehead atoms. The van der Waals surface area contributed by atoms with Crippen LogP contribution in [0.25, 0.3) is 0 Å². The molecule has 1 aromatic heterocycles. The van der Waals surface area contributed by atoms with E-state index in [0.717, 1.165) is 23.0 Å². The molecular weight excluding hydrogens is 369 g/mol. The summed E-state index contributed by atoms with van der Waals surface area (Å²) in [6.07, 6.45) is 0. The molecule has 1 heterocycles. The van der Waals surface area contributed by atoms with Gasteiger partial charge in [-0.05, 0) is 49.2 Å². The van der Waals surface area contributed by atoms with Gasteiger partial charge in [-0.25, -0.2) is 4.39 Å². The second-order valence-corrected chi connectivity index (χ2v) is 6.74. The lowest BCUT2D eigenvalue weighted by Gasteiger charge is -2.06. The molecule has 1 N–H and O–H groups in total. The number of carbonyl (C=O) groups excluding carboxylic acids is 1. The first-order valence-corrected chi connectivity index (χ1v) is 9.19. The minimum absolute atomic E-state index is 0.0522. The first-order chi connectivity index (χ1) is 13.0. The third-order valence-corrected chi connectivity index (χ3v) is 4.57. The normalized spacial score (nSPS) is 10.6. The summed E-state index contributed by atoms with van der Waals surface area (Å²) in [5.74, 6) is -0.198. The molecule has 0 aliphatic carbocycles. The zero-order valence-electron chi connectivity index (χ0n) is 14.9. The van der Waals surface area contributed by atoms with Gasteiger partial charge in [0.15, 0.2) is 18.2 Å². The average Bonchev–Trinajstić information content (AvgIpc) is 3.10. The fourth-order valence-corrected chi connectivity index (χ4v) is 2.78. The number of hydrogen-bond acceptors (Lipinski definition) is 6. The van der Waals surface area contributed by atoms with Gasteiger partial charge in [-0.3, -0.25) is 4.79 Å². The number of ether oxygens (including phenoxy) is 1. The number of halogens is 1. The van der Waals surface area contributed by atoms with E-state index in [-0.39, 0.29) is 35.1 Å². The molecule has 0 fully saturated rings. The number of carbonyl (C=O) groups is 1.